The van der Waals surface area contributed by atoms with Crippen molar-refractivity contribution in [3.05, 3.63) is 29.3 Å². The second-order valence-electron chi connectivity index (χ2n) is 5.82. The fraction of sp³-hybridized carbons (Fsp3) is 0.412. The number of benzene rings is 1. The standard InChI is InChI=1S/C17H18ClN5OS/c18-14-8-4-3-7-13(14)16-21-22-17(23(16)12-5-1-2-6-12)25-11-15(24)20-10-9-19/h3-4,7-8,12H,1-2,5-6,10-11H2,(H,20,24). The Morgan fingerprint density at radius 3 is 2.84 bits per heavy atom. The van der Waals surface area contributed by atoms with Gasteiger partial charge in [0.05, 0.1) is 16.8 Å². The Bertz CT molecular complexity index is 795. The molecule has 0 spiro atoms. The Labute approximate surface area is 155 Å². The summed E-state index contributed by atoms with van der Waals surface area (Å²) in [6, 6.07) is 9.81. The van der Waals surface area contributed by atoms with Crippen molar-refractivity contribution in [2.24, 2.45) is 0 Å². The molecular formula is C17H18ClN5OS. The first-order valence-corrected chi connectivity index (χ1v) is 9.53. The molecule has 25 heavy (non-hydrogen) atoms. The van der Waals surface area contributed by atoms with E-state index in [9.17, 15) is 4.79 Å². The molecule has 6 nitrogen and oxygen atoms in total. The van der Waals surface area contributed by atoms with E-state index < -0.39 is 0 Å². The van der Waals surface area contributed by atoms with Gasteiger partial charge in [0.15, 0.2) is 11.0 Å². The number of nitriles is 1. The maximum atomic E-state index is 11.8. The van der Waals surface area contributed by atoms with Gasteiger partial charge in [-0.15, -0.1) is 10.2 Å². The molecule has 1 saturated carbocycles. The molecular weight excluding hydrogens is 358 g/mol. The highest BCUT2D eigenvalue weighted by atomic mass is 35.5. The molecule has 0 unspecified atom stereocenters. The number of amides is 1. The van der Waals surface area contributed by atoms with Gasteiger partial charge in [0.1, 0.15) is 6.54 Å². The van der Waals surface area contributed by atoms with E-state index in [0.29, 0.717) is 16.2 Å². The predicted molar refractivity (Wildman–Crippen MR) is 97.3 cm³/mol. The van der Waals surface area contributed by atoms with Gasteiger partial charge < -0.3 is 5.32 Å². The highest BCUT2D eigenvalue weighted by Crippen LogP contribution is 2.38. The Balaban J connectivity index is 1.87. The average Bonchev–Trinajstić information content (AvgIpc) is 3.27. The lowest BCUT2D eigenvalue weighted by Crippen LogP contribution is -2.25. The Morgan fingerprint density at radius 1 is 1.36 bits per heavy atom. The monoisotopic (exact) mass is 375 g/mol. The van der Waals surface area contributed by atoms with E-state index >= 15 is 0 Å². The summed E-state index contributed by atoms with van der Waals surface area (Å²) in [5, 5.41) is 21.1. The lowest BCUT2D eigenvalue weighted by Gasteiger charge is -2.17. The van der Waals surface area contributed by atoms with Crippen molar-refractivity contribution in [2.75, 3.05) is 12.3 Å². The van der Waals surface area contributed by atoms with Crippen LogP contribution in [0.4, 0.5) is 0 Å². The van der Waals surface area contributed by atoms with E-state index in [2.05, 4.69) is 20.1 Å². The summed E-state index contributed by atoms with van der Waals surface area (Å²) in [4.78, 5) is 11.8. The van der Waals surface area contributed by atoms with Crippen molar-refractivity contribution in [3.8, 4) is 17.5 Å². The van der Waals surface area contributed by atoms with Gasteiger partial charge in [-0.3, -0.25) is 9.36 Å². The highest BCUT2D eigenvalue weighted by Gasteiger charge is 2.26. The van der Waals surface area contributed by atoms with Crippen LogP contribution < -0.4 is 5.32 Å². The maximum absolute atomic E-state index is 11.8. The van der Waals surface area contributed by atoms with Gasteiger partial charge in [-0.05, 0) is 25.0 Å². The maximum Gasteiger partial charge on any atom is 0.231 e. The Hall–Kier alpha value is -2.04. The molecule has 1 aliphatic carbocycles. The smallest absolute Gasteiger partial charge is 0.231 e. The minimum Gasteiger partial charge on any atom is -0.342 e. The quantitative estimate of drug-likeness (QED) is 0.617. The van der Waals surface area contributed by atoms with Crippen LogP contribution in [0.1, 0.15) is 31.7 Å². The summed E-state index contributed by atoms with van der Waals surface area (Å²) >= 11 is 7.69. The van der Waals surface area contributed by atoms with E-state index in [-0.39, 0.29) is 18.2 Å². The van der Waals surface area contributed by atoms with Crippen LogP contribution in [0.15, 0.2) is 29.4 Å². The predicted octanol–water partition coefficient (Wildman–Crippen LogP) is 3.45. The second kappa shape index (κ2) is 8.37. The summed E-state index contributed by atoms with van der Waals surface area (Å²) in [5.74, 6) is 0.763. The molecule has 1 aliphatic rings. The van der Waals surface area contributed by atoms with Crippen LogP contribution in [0.25, 0.3) is 11.4 Å². The fourth-order valence-corrected chi connectivity index (χ4v) is 4.07. The summed E-state index contributed by atoms with van der Waals surface area (Å²) in [6.07, 6.45) is 4.50. The van der Waals surface area contributed by atoms with Crippen LogP contribution >= 0.6 is 23.4 Å². The van der Waals surface area contributed by atoms with Crippen molar-refractivity contribution >= 4 is 29.3 Å². The molecule has 0 bridgehead atoms. The van der Waals surface area contributed by atoms with Crippen molar-refractivity contribution in [1.29, 1.82) is 5.26 Å². The number of thioether (sulfide) groups is 1. The molecule has 0 atom stereocenters. The summed E-state index contributed by atoms with van der Waals surface area (Å²) in [6.45, 7) is 0.0135. The molecule has 0 saturated heterocycles. The molecule has 0 aliphatic heterocycles. The van der Waals surface area contributed by atoms with Gasteiger partial charge in [0, 0.05) is 11.6 Å². The zero-order chi connectivity index (χ0) is 17.6. The molecule has 1 aromatic carbocycles. The molecule has 130 valence electrons. The van der Waals surface area contributed by atoms with Crippen LogP contribution in [0.3, 0.4) is 0 Å². The Morgan fingerprint density at radius 2 is 2.12 bits per heavy atom. The van der Waals surface area contributed by atoms with Crippen molar-refractivity contribution in [2.45, 2.75) is 36.9 Å². The van der Waals surface area contributed by atoms with Gasteiger partial charge in [-0.1, -0.05) is 48.3 Å². The van der Waals surface area contributed by atoms with E-state index in [1.54, 1.807) is 0 Å². The number of nitrogens with zero attached hydrogens (tertiary/aromatic N) is 4. The number of halogens is 1. The number of carbonyl (C=O) groups excluding carboxylic acids is 1. The van der Waals surface area contributed by atoms with Crippen LogP contribution in [-0.4, -0.2) is 33.0 Å². The minimum atomic E-state index is -0.188. The second-order valence-corrected chi connectivity index (χ2v) is 7.17. The molecule has 1 fully saturated rings. The molecule has 1 heterocycles. The lowest BCUT2D eigenvalue weighted by atomic mass is 10.2. The lowest BCUT2D eigenvalue weighted by molar-refractivity contribution is -0.118. The SMILES string of the molecule is N#CCNC(=O)CSc1nnc(-c2ccccc2Cl)n1C1CCCC1. The average molecular weight is 376 g/mol. The number of carbonyl (C=O) groups is 1. The molecule has 2 aromatic rings. The zero-order valence-corrected chi connectivity index (χ0v) is 15.2. The summed E-state index contributed by atoms with van der Waals surface area (Å²) in [7, 11) is 0. The van der Waals surface area contributed by atoms with Gasteiger partial charge >= 0.3 is 0 Å². The third-order valence-corrected chi connectivity index (χ3v) is 5.44. The molecule has 1 aromatic heterocycles. The van der Waals surface area contributed by atoms with Gasteiger partial charge in [0.25, 0.3) is 0 Å². The van der Waals surface area contributed by atoms with Crippen LogP contribution in [-0.2, 0) is 4.79 Å². The third kappa shape index (κ3) is 4.14. The first kappa shape index (κ1) is 17.8. The molecule has 1 N–H and O–H groups in total. The van der Waals surface area contributed by atoms with E-state index in [0.717, 1.165) is 24.2 Å². The normalized spacial score (nSPS) is 14.4. The number of hydrogen-bond acceptors (Lipinski definition) is 5. The van der Waals surface area contributed by atoms with E-state index in [1.807, 2.05) is 30.3 Å². The van der Waals surface area contributed by atoms with Gasteiger partial charge in [-0.2, -0.15) is 5.26 Å². The molecule has 8 heteroatoms. The van der Waals surface area contributed by atoms with E-state index in [4.69, 9.17) is 16.9 Å². The van der Waals surface area contributed by atoms with Crippen LogP contribution in [0.2, 0.25) is 5.02 Å². The number of aromatic nitrogens is 3. The van der Waals surface area contributed by atoms with Crippen LogP contribution in [0, 0.1) is 11.3 Å². The van der Waals surface area contributed by atoms with Gasteiger partial charge in [0.2, 0.25) is 5.91 Å². The zero-order valence-electron chi connectivity index (χ0n) is 13.6. The number of hydrogen-bond donors (Lipinski definition) is 1. The first-order valence-electron chi connectivity index (χ1n) is 8.17. The molecule has 0 radical (unpaired) electrons. The first-order chi connectivity index (χ1) is 12.2. The largest absolute Gasteiger partial charge is 0.342 e. The number of rotatable bonds is 6. The van der Waals surface area contributed by atoms with Gasteiger partial charge in [-0.25, -0.2) is 0 Å². The molecule has 1 amide bonds. The third-order valence-electron chi connectivity index (χ3n) is 4.17. The highest BCUT2D eigenvalue weighted by molar-refractivity contribution is 7.99. The molecule has 3 rings (SSSR count). The topological polar surface area (TPSA) is 83.6 Å². The van der Waals surface area contributed by atoms with Crippen LogP contribution in [0.5, 0.6) is 0 Å². The van der Waals surface area contributed by atoms with Crippen molar-refractivity contribution in [3.63, 3.8) is 0 Å². The number of nitrogens with one attached hydrogen (secondary N) is 1. The van der Waals surface area contributed by atoms with Crippen molar-refractivity contribution < 1.29 is 4.79 Å². The Kier molecular flexibility index (Phi) is 5.95. The summed E-state index contributed by atoms with van der Waals surface area (Å²) in [5.41, 5.74) is 0.851. The fourth-order valence-electron chi connectivity index (χ4n) is 3.01. The van der Waals surface area contributed by atoms with E-state index in [1.165, 1.54) is 24.6 Å². The van der Waals surface area contributed by atoms with Crippen molar-refractivity contribution in [1.82, 2.24) is 20.1 Å². The summed E-state index contributed by atoms with van der Waals surface area (Å²) < 4.78 is 2.12. The minimum absolute atomic E-state index is 0.0135.